The second-order valence-electron chi connectivity index (χ2n) is 11.2. The van der Waals surface area contributed by atoms with Crippen LogP contribution in [0, 0.1) is 5.92 Å². The highest BCUT2D eigenvalue weighted by atomic mass is 16.6. The van der Waals surface area contributed by atoms with Crippen LogP contribution in [0.25, 0.3) is 0 Å². The maximum absolute atomic E-state index is 12.5. The number of aliphatic hydroxyl groups is 1. The summed E-state index contributed by atoms with van der Waals surface area (Å²) in [6, 6.07) is 12.2. The number of phenolic OH excluding ortho intramolecular Hbond substituents is 1. The van der Waals surface area contributed by atoms with Crippen LogP contribution in [-0.2, 0) is 29.7 Å². The smallest absolute Gasteiger partial charge is 0.165 e. The molecule has 2 saturated carbocycles. The van der Waals surface area contributed by atoms with Gasteiger partial charge in [-0.05, 0) is 73.7 Å². The van der Waals surface area contributed by atoms with Gasteiger partial charge < -0.3 is 25.4 Å². The maximum atomic E-state index is 12.5. The molecule has 0 unspecified atom stereocenters. The molecule has 2 aromatic carbocycles. The van der Waals surface area contributed by atoms with E-state index in [-0.39, 0.29) is 24.0 Å². The number of phenols is 1. The molecule has 2 bridgehead atoms. The lowest BCUT2D eigenvalue weighted by molar-refractivity contribution is -0.217. The molecule has 6 nitrogen and oxygen atoms in total. The second kappa shape index (κ2) is 7.44. The van der Waals surface area contributed by atoms with Crippen molar-refractivity contribution in [1.29, 1.82) is 0 Å². The molecule has 2 aromatic rings. The standard InChI is InChI=1S/C28H34N2O4/c29-14-17-1-5-19(6-2-17)16-33-22-9-10-28(32)23-13-20-7-8-21(31)25-24(20)27(28,26(22)34-25)11-12-30(23)15-18-3-4-18/h1-2,5-8,18,22-23,26,31-32H,3-4,9-16,29H2/t22-,23-,26+,27+,28-/m1/s1. The Hall–Kier alpha value is -2.12. The number of hydrogen-bond donors (Lipinski definition) is 3. The first-order valence-electron chi connectivity index (χ1n) is 12.9. The van der Waals surface area contributed by atoms with E-state index in [0.29, 0.717) is 25.3 Å². The summed E-state index contributed by atoms with van der Waals surface area (Å²) >= 11 is 0. The molecule has 6 heteroatoms. The fraction of sp³-hybridized carbons (Fsp3) is 0.571. The molecule has 3 fully saturated rings. The average Bonchev–Trinajstić information content (AvgIpc) is 3.59. The van der Waals surface area contributed by atoms with Crippen molar-refractivity contribution in [2.45, 2.75) is 80.9 Å². The van der Waals surface area contributed by atoms with Crippen LogP contribution in [0.2, 0.25) is 0 Å². The van der Waals surface area contributed by atoms with Gasteiger partial charge in [-0.25, -0.2) is 0 Å². The highest BCUT2D eigenvalue weighted by molar-refractivity contribution is 5.62. The number of aromatic hydroxyl groups is 1. The Bertz CT molecular complexity index is 1120. The molecule has 0 aromatic heterocycles. The largest absolute Gasteiger partial charge is 0.504 e. The molecular weight excluding hydrogens is 428 g/mol. The van der Waals surface area contributed by atoms with Crippen molar-refractivity contribution in [1.82, 2.24) is 4.90 Å². The third-order valence-electron chi connectivity index (χ3n) is 9.43. The zero-order chi connectivity index (χ0) is 23.1. The fourth-order valence-electron chi connectivity index (χ4n) is 7.58. The molecule has 1 saturated heterocycles. The Balaban J connectivity index is 1.24. The number of rotatable bonds is 6. The van der Waals surface area contributed by atoms with Crippen molar-refractivity contribution < 1.29 is 19.7 Å². The number of likely N-dealkylation sites (tertiary alicyclic amines) is 1. The molecule has 2 heterocycles. The van der Waals surface area contributed by atoms with Crippen molar-refractivity contribution >= 4 is 0 Å². The Morgan fingerprint density at radius 3 is 2.62 bits per heavy atom. The summed E-state index contributed by atoms with van der Waals surface area (Å²) in [6.07, 6.45) is 5.32. The van der Waals surface area contributed by atoms with Crippen LogP contribution >= 0.6 is 0 Å². The summed E-state index contributed by atoms with van der Waals surface area (Å²) in [7, 11) is 0. The van der Waals surface area contributed by atoms with Gasteiger partial charge >= 0.3 is 0 Å². The lowest BCUT2D eigenvalue weighted by atomic mass is 9.48. The van der Waals surface area contributed by atoms with Crippen LogP contribution in [0.5, 0.6) is 11.5 Å². The number of ether oxygens (including phenoxy) is 2. The van der Waals surface area contributed by atoms with E-state index in [1.165, 1.54) is 18.4 Å². The second-order valence-corrected chi connectivity index (χ2v) is 11.2. The molecule has 5 atom stereocenters. The molecule has 4 N–H and O–H groups in total. The first kappa shape index (κ1) is 21.2. The molecule has 7 rings (SSSR count). The predicted octanol–water partition coefficient (Wildman–Crippen LogP) is 3.00. The van der Waals surface area contributed by atoms with Crippen LogP contribution in [0.15, 0.2) is 36.4 Å². The number of hydrogen-bond acceptors (Lipinski definition) is 6. The predicted molar refractivity (Wildman–Crippen MR) is 128 cm³/mol. The quantitative estimate of drug-likeness (QED) is 0.612. The highest BCUT2D eigenvalue weighted by Gasteiger charge is 2.73. The van der Waals surface area contributed by atoms with Crippen molar-refractivity contribution in [3.63, 3.8) is 0 Å². The van der Waals surface area contributed by atoms with Gasteiger partial charge in [0, 0.05) is 24.7 Å². The summed E-state index contributed by atoms with van der Waals surface area (Å²) in [5.74, 6) is 1.55. The van der Waals surface area contributed by atoms with Gasteiger partial charge in [-0.1, -0.05) is 30.3 Å². The van der Waals surface area contributed by atoms with Gasteiger partial charge in [-0.2, -0.15) is 0 Å². The number of nitrogens with two attached hydrogens (primary N) is 1. The van der Waals surface area contributed by atoms with Crippen LogP contribution in [-0.4, -0.2) is 52.1 Å². The Morgan fingerprint density at radius 1 is 1.06 bits per heavy atom. The third-order valence-corrected chi connectivity index (χ3v) is 9.43. The monoisotopic (exact) mass is 462 g/mol. The summed E-state index contributed by atoms with van der Waals surface area (Å²) in [5.41, 5.74) is 8.85. The van der Waals surface area contributed by atoms with Gasteiger partial charge in [0.2, 0.25) is 0 Å². The minimum absolute atomic E-state index is 0.0979. The van der Waals surface area contributed by atoms with Crippen LogP contribution < -0.4 is 10.5 Å². The van der Waals surface area contributed by atoms with Gasteiger partial charge in [0.25, 0.3) is 0 Å². The first-order valence-corrected chi connectivity index (χ1v) is 12.9. The molecule has 34 heavy (non-hydrogen) atoms. The topological polar surface area (TPSA) is 88.2 Å². The van der Waals surface area contributed by atoms with E-state index in [2.05, 4.69) is 23.1 Å². The maximum Gasteiger partial charge on any atom is 0.165 e. The molecule has 180 valence electrons. The van der Waals surface area contributed by atoms with Crippen LogP contribution in [0.1, 0.15) is 54.4 Å². The molecular formula is C28H34N2O4. The Morgan fingerprint density at radius 2 is 1.85 bits per heavy atom. The van der Waals surface area contributed by atoms with E-state index in [9.17, 15) is 10.2 Å². The van der Waals surface area contributed by atoms with Crippen molar-refractivity contribution in [3.8, 4) is 11.5 Å². The van der Waals surface area contributed by atoms with Gasteiger partial charge in [-0.15, -0.1) is 0 Å². The number of nitrogens with zero attached hydrogens (tertiary/aromatic N) is 1. The average molecular weight is 463 g/mol. The molecule has 3 aliphatic carbocycles. The van der Waals surface area contributed by atoms with Gasteiger partial charge in [0.1, 0.15) is 6.10 Å². The van der Waals surface area contributed by atoms with E-state index in [1.54, 1.807) is 6.07 Å². The fourth-order valence-corrected chi connectivity index (χ4v) is 7.58. The van der Waals surface area contributed by atoms with E-state index >= 15 is 0 Å². The van der Waals surface area contributed by atoms with E-state index in [1.807, 2.05) is 12.1 Å². The zero-order valence-corrected chi connectivity index (χ0v) is 19.6. The SMILES string of the molecule is NCc1ccc(CO[C@@H]2CC[C@@]3(O)[C@H]4Cc5ccc(O)c6c5[C@@]3(CCN4CC3CC3)[C@H]2O6)cc1. The van der Waals surface area contributed by atoms with Crippen molar-refractivity contribution in [2.24, 2.45) is 11.7 Å². The van der Waals surface area contributed by atoms with E-state index < -0.39 is 11.0 Å². The summed E-state index contributed by atoms with van der Waals surface area (Å²) in [6.45, 7) is 3.08. The summed E-state index contributed by atoms with van der Waals surface area (Å²) < 4.78 is 13.1. The van der Waals surface area contributed by atoms with E-state index in [0.717, 1.165) is 55.0 Å². The molecule has 0 radical (unpaired) electrons. The van der Waals surface area contributed by atoms with Crippen LogP contribution in [0.4, 0.5) is 0 Å². The number of piperidine rings is 1. The molecule has 0 amide bonds. The van der Waals surface area contributed by atoms with Crippen molar-refractivity contribution in [3.05, 3.63) is 58.7 Å². The van der Waals surface area contributed by atoms with Gasteiger partial charge in [-0.3, -0.25) is 4.90 Å². The van der Waals surface area contributed by atoms with E-state index in [4.69, 9.17) is 15.2 Å². The molecule has 2 aliphatic heterocycles. The Labute approximate surface area is 200 Å². The lowest BCUT2D eigenvalue weighted by Gasteiger charge is -2.64. The zero-order valence-electron chi connectivity index (χ0n) is 19.6. The van der Waals surface area contributed by atoms with Gasteiger partial charge in [0.15, 0.2) is 11.5 Å². The summed E-state index contributed by atoms with van der Waals surface area (Å²) in [5, 5.41) is 23.2. The normalized spacial score (nSPS) is 35.6. The third kappa shape index (κ3) is 2.83. The minimum atomic E-state index is -0.862. The Kier molecular flexibility index (Phi) is 4.64. The highest BCUT2D eigenvalue weighted by Crippen LogP contribution is 2.65. The minimum Gasteiger partial charge on any atom is -0.504 e. The van der Waals surface area contributed by atoms with Crippen LogP contribution in [0.3, 0.4) is 0 Å². The number of benzene rings is 2. The summed E-state index contributed by atoms with van der Waals surface area (Å²) in [4.78, 5) is 2.56. The first-order chi connectivity index (χ1) is 16.5. The van der Waals surface area contributed by atoms with Gasteiger partial charge in [0.05, 0.1) is 23.7 Å². The molecule has 5 aliphatic rings. The molecule has 1 spiro atoms. The van der Waals surface area contributed by atoms with Crippen molar-refractivity contribution in [2.75, 3.05) is 13.1 Å². The lowest BCUT2D eigenvalue weighted by Crippen LogP contribution is -2.77.